The van der Waals surface area contributed by atoms with Crippen LogP contribution in [0.25, 0.3) is 6.08 Å². The van der Waals surface area contributed by atoms with Gasteiger partial charge in [-0.1, -0.05) is 12.1 Å². The SMILES string of the molecule is CCOC(=O)[C@@H](C)N1C(=O)S/C(=C/c2cc(Br)c(OCc3cccc(F)c3)c(OC)c2)C1=O. The highest BCUT2D eigenvalue weighted by Gasteiger charge is 2.41. The van der Waals surface area contributed by atoms with Crippen molar-refractivity contribution in [2.24, 2.45) is 0 Å². The molecule has 3 rings (SSSR count). The first-order valence-electron chi connectivity index (χ1n) is 9.93. The minimum atomic E-state index is -1.02. The van der Waals surface area contributed by atoms with Crippen LogP contribution < -0.4 is 9.47 Å². The quantitative estimate of drug-likeness (QED) is 0.339. The van der Waals surface area contributed by atoms with E-state index in [2.05, 4.69) is 15.9 Å². The second kappa shape index (κ2) is 10.8. The summed E-state index contributed by atoms with van der Waals surface area (Å²) in [6.45, 7) is 3.37. The summed E-state index contributed by atoms with van der Waals surface area (Å²) < 4.78 is 30.1. The number of esters is 1. The molecule has 0 aromatic heterocycles. The lowest BCUT2D eigenvalue weighted by atomic mass is 10.1. The van der Waals surface area contributed by atoms with E-state index in [4.69, 9.17) is 14.2 Å². The number of carbonyl (C=O) groups is 3. The zero-order chi connectivity index (χ0) is 24.1. The zero-order valence-corrected chi connectivity index (χ0v) is 20.5. The molecule has 0 spiro atoms. The fourth-order valence-electron chi connectivity index (χ4n) is 3.08. The maximum atomic E-state index is 13.4. The van der Waals surface area contributed by atoms with Gasteiger partial charge in [0.15, 0.2) is 11.5 Å². The van der Waals surface area contributed by atoms with Crippen molar-refractivity contribution in [2.75, 3.05) is 13.7 Å². The third kappa shape index (κ3) is 5.75. The van der Waals surface area contributed by atoms with Crippen molar-refractivity contribution in [1.29, 1.82) is 0 Å². The van der Waals surface area contributed by atoms with Crippen molar-refractivity contribution in [1.82, 2.24) is 4.90 Å². The summed E-state index contributed by atoms with van der Waals surface area (Å²) in [6.07, 6.45) is 1.53. The normalized spacial score (nSPS) is 15.7. The number of hydrogen-bond acceptors (Lipinski definition) is 7. The summed E-state index contributed by atoms with van der Waals surface area (Å²) in [7, 11) is 1.47. The standard InChI is InChI=1S/C23H21BrFNO6S/c1-4-31-22(28)13(2)26-21(27)19(33-23(26)29)11-15-9-17(24)20(18(10-15)30-3)32-12-14-6-5-7-16(25)8-14/h5-11,13H,4,12H2,1-3H3/b19-11+/t13-/m1/s1. The Balaban J connectivity index is 1.82. The minimum Gasteiger partial charge on any atom is -0.493 e. The van der Waals surface area contributed by atoms with Gasteiger partial charge in [0, 0.05) is 0 Å². The van der Waals surface area contributed by atoms with Crippen LogP contribution in [0.2, 0.25) is 0 Å². The van der Waals surface area contributed by atoms with E-state index in [0.717, 1.165) is 16.7 Å². The lowest BCUT2D eigenvalue weighted by Gasteiger charge is -2.19. The van der Waals surface area contributed by atoms with Gasteiger partial charge in [-0.3, -0.25) is 14.5 Å². The van der Waals surface area contributed by atoms with Crippen LogP contribution in [0.4, 0.5) is 9.18 Å². The maximum absolute atomic E-state index is 13.4. The molecule has 33 heavy (non-hydrogen) atoms. The van der Waals surface area contributed by atoms with Gasteiger partial charge in [0.2, 0.25) is 0 Å². The van der Waals surface area contributed by atoms with E-state index in [1.54, 1.807) is 31.2 Å². The first-order valence-corrected chi connectivity index (χ1v) is 11.5. The number of benzene rings is 2. The van der Waals surface area contributed by atoms with E-state index in [9.17, 15) is 18.8 Å². The number of imide groups is 1. The van der Waals surface area contributed by atoms with Crippen LogP contribution in [0, 0.1) is 5.82 Å². The highest BCUT2D eigenvalue weighted by molar-refractivity contribution is 9.10. The molecule has 0 saturated carbocycles. The van der Waals surface area contributed by atoms with Gasteiger partial charge < -0.3 is 14.2 Å². The Bertz CT molecular complexity index is 1120. The fourth-order valence-corrected chi connectivity index (χ4v) is 4.56. The molecule has 0 radical (unpaired) electrons. The molecule has 7 nitrogen and oxygen atoms in total. The van der Waals surface area contributed by atoms with E-state index in [1.165, 1.54) is 32.2 Å². The molecule has 0 aliphatic carbocycles. The summed E-state index contributed by atoms with van der Waals surface area (Å²) in [5.74, 6) is -0.796. The molecule has 174 valence electrons. The molecule has 1 aliphatic rings. The Morgan fingerprint density at radius 1 is 1.27 bits per heavy atom. The van der Waals surface area contributed by atoms with Crippen LogP contribution in [-0.2, 0) is 20.9 Å². The molecule has 0 bridgehead atoms. The zero-order valence-electron chi connectivity index (χ0n) is 18.1. The summed E-state index contributed by atoms with van der Waals surface area (Å²) in [4.78, 5) is 38.2. The largest absolute Gasteiger partial charge is 0.493 e. The van der Waals surface area contributed by atoms with Gasteiger partial charge in [0.05, 0.1) is 23.1 Å². The molecule has 2 amide bonds. The maximum Gasteiger partial charge on any atom is 0.329 e. The van der Waals surface area contributed by atoms with Gasteiger partial charge in [-0.05, 0) is 83.0 Å². The first kappa shape index (κ1) is 24.8. The number of ether oxygens (including phenoxy) is 3. The Morgan fingerprint density at radius 2 is 2.03 bits per heavy atom. The van der Waals surface area contributed by atoms with Gasteiger partial charge in [-0.15, -0.1) is 0 Å². The lowest BCUT2D eigenvalue weighted by molar-refractivity contribution is -0.150. The van der Waals surface area contributed by atoms with Gasteiger partial charge in [-0.25, -0.2) is 9.18 Å². The first-order chi connectivity index (χ1) is 15.7. The molecule has 2 aromatic carbocycles. The minimum absolute atomic E-state index is 0.122. The van der Waals surface area contributed by atoms with Crippen LogP contribution >= 0.6 is 27.7 Å². The van der Waals surface area contributed by atoms with E-state index in [0.29, 0.717) is 27.1 Å². The van der Waals surface area contributed by atoms with Crippen molar-refractivity contribution >= 4 is 50.9 Å². The monoisotopic (exact) mass is 537 g/mol. The van der Waals surface area contributed by atoms with Gasteiger partial charge in [0.1, 0.15) is 18.5 Å². The summed E-state index contributed by atoms with van der Waals surface area (Å²) in [5.41, 5.74) is 1.23. The Labute approximate surface area is 203 Å². The van der Waals surface area contributed by atoms with Crippen LogP contribution in [0.15, 0.2) is 45.8 Å². The molecule has 1 fully saturated rings. The van der Waals surface area contributed by atoms with E-state index >= 15 is 0 Å². The topological polar surface area (TPSA) is 82.1 Å². The van der Waals surface area contributed by atoms with E-state index in [1.807, 2.05) is 0 Å². The van der Waals surface area contributed by atoms with Gasteiger partial charge in [0.25, 0.3) is 11.1 Å². The van der Waals surface area contributed by atoms with Crippen LogP contribution in [0.1, 0.15) is 25.0 Å². The highest BCUT2D eigenvalue weighted by Crippen LogP contribution is 2.40. The predicted octanol–water partition coefficient (Wildman–Crippen LogP) is 5.16. The molecular formula is C23H21BrFNO6S. The third-order valence-electron chi connectivity index (χ3n) is 4.66. The lowest BCUT2D eigenvalue weighted by Crippen LogP contribution is -2.42. The van der Waals surface area contributed by atoms with Crippen LogP contribution in [-0.4, -0.2) is 41.8 Å². The van der Waals surface area contributed by atoms with Crippen molar-refractivity contribution < 1.29 is 33.0 Å². The predicted molar refractivity (Wildman–Crippen MR) is 125 cm³/mol. The summed E-state index contributed by atoms with van der Waals surface area (Å²) in [5, 5.41) is -0.548. The number of carbonyl (C=O) groups excluding carboxylic acids is 3. The van der Waals surface area contributed by atoms with Crippen LogP contribution in [0.3, 0.4) is 0 Å². The van der Waals surface area contributed by atoms with Crippen molar-refractivity contribution in [3.63, 3.8) is 0 Å². The number of rotatable bonds is 8. The number of methoxy groups -OCH3 is 1. The van der Waals surface area contributed by atoms with Crippen molar-refractivity contribution in [3.8, 4) is 11.5 Å². The van der Waals surface area contributed by atoms with Crippen molar-refractivity contribution in [2.45, 2.75) is 26.5 Å². The average Bonchev–Trinajstić information content (AvgIpc) is 3.05. The van der Waals surface area contributed by atoms with Crippen molar-refractivity contribution in [3.05, 3.63) is 62.7 Å². The summed E-state index contributed by atoms with van der Waals surface area (Å²) in [6, 6.07) is 8.39. The smallest absolute Gasteiger partial charge is 0.329 e. The van der Waals surface area contributed by atoms with E-state index in [-0.39, 0.29) is 23.9 Å². The molecule has 2 aromatic rings. The molecule has 10 heteroatoms. The fraction of sp³-hybridized carbons (Fsp3) is 0.261. The molecule has 1 heterocycles. The molecule has 0 N–H and O–H groups in total. The third-order valence-corrected chi connectivity index (χ3v) is 6.13. The second-order valence-electron chi connectivity index (χ2n) is 6.93. The molecular weight excluding hydrogens is 517 g/mol. The van der Waals surface area contributed by atoms with Crippen LogP contribution in [0.5, 0.6) is 11.5 Å². The molecule has 1 aliphatic heterocycles. The average molecular weight is 538 g/mol. The Kier molecular flexibility index (Phi) is 8.15. The van der Waals surface area contributed by atoms with E-state index < -0.39 is 23.2 Å². The molecule has 1 atom stereocenters. The number of amides is 2. The number of hydrogen-bond donors (Lipinski definition) is 0. The second-order valence-corrected chi connectivity index (χ2v) is 8.78. The van der Waals surface area contributed by atoms with Gasteiger partial charge >= 0.3 is 5.97 Å². The summed E-state index contributed by atoms with van der Waals surface area (Å²) >= 11 is 4.18. The number of halogens is 2. The number of nitrogens with zero attached hydrogens (tertiary/aromatic N) is 1. The molecule has 0 unspecified atom stereocenters. The molecule has 1 saturated heterocycles. The number of thioether (sulfide) groups is 1. The Hall–Kier alpha value is -2.85. The Morgan fingerprint density at radius 3 is 2.70 bits per heavy atom. The van der Waals surface area contributed by atoms with Gasteiger partial charge in [-0.2, -0.15) is 0 Å². The highest BCUT2D eigenvalue weighted by atomic mass is 79.9.